The van der Waals surface area contributed by atoms with E-state index in [1.54, 1.807) is 29.3 Å². The van der Waals surface area contributed by atoms with Gasteiger partial charge in [0.1, 0.15) is 6.04 Å². The summed E-state index contributed by atoms with van der Waals surface area (Å²) in [6.07, 6.45) is 4.83. The molecule has 7 nitrogen and oxygen atoms in total. The molecule has 1 unspecified atom stereocenters. The Hall–Kier alpha value is -2.09. The van der Waals surface area contributed by atoms with E-state index in [0.717, 1.165) is 32.6 Å². The van der Waals surface area contributed by atoms with Crippen molar-refractivity contribution in [2.24, 2.45) is 0 Å². The number of likely N-dealkylation sites (N-methyl/N-ethyl adjacent to an activating group) is 1. The van der Waals surface area contributed by atoms with Gasteiger partial charge in [-0.15, -0.1) is 0 Å². The molecule has 0 radical (unpaired) electrons. The molecule has 0 saturated carbocycles. The number of likely N-dealkylation sites (tertiary alicyclic amines) is 1. The first-order valence-electron chi connectivity index (χ1n) is 10.2. The smallest absolute Gasteiger partial charge is 0.254 e. The van der Waals surface area contributed by atoms with Crippen LogP contribution in [0.2, 0.25) is 10.0 Å². The summed E-state index contributed by atoms with van der Waals surface area (Å²) in [5.41, 5.74) is 1.01. The van der Waals surface area contributed by atoms with Crippen molar-refractivity contribution in [1.29, 1.82) is 0 Å². The summed E-state index contributed by atoms with van der Waals surface area (Å²) in [7, 11) is 0. The highest BCUT2D eigenvalue weighted by Crippen LogP contribution is 2.25. The van der Waals surface area contributed by atoms with E-state index >= 15 is 0 Å². The number of rotatable bonds is 8. The van der Waals surface area contributed by atoms with Gasteiger partial charge in [0.15, 0.2) is 0 Å². The molecule has 1 saturated heterocycles. The van der Waals surface area contributed by atoms with Crippen molar-refractivity contribution in [2.45, 2.75) is 39.3 Å². The molecule has 1 fully saturated rings. The molecule has 1 N–H and O–H groups in total. The van der Waals surface area contributed by atoms with Crippen molar-refractivity contribution >= 4 is 40.7 Å². The summed E-state index contributed by atoms with van der Waals surface area (Å²) >= 11 is 12.1. The van der Waals surface area contributed by atoms with Crippen LogP contribution < -0.4 is 5.32 Å². The number of nitrogens with zero attached hydrogens (tertiary/aromatic N) is 4. The van der Waals surface area contributed by atoms with E-state index in [1.165, 1.54) is 0 Å². The standard InChI is InChI=1S/C21H27Cl2N5O2/c1-3-26(4-2)8-9-27-14-18(13-24-27)25-20(29)19-6-5-7-28(19)21(30)15-10-16(22)12-17(23)11-15/h10-14,19H,3-9H2,1-2H3,(H,25,29). The fourth-order valence-electron chi connectivity index (χ4n) is 3.69. The van der Waals surface area contributed by atoms with Gasteiger partial charge in [-0.3, -0.25) is 14.3 Å². The summed E-state index contributed by atoms with van der Waals surface area (Å²) < 4.78 is 1.82. The van der Waals surface area contributed by atoms with Gasteiger partial charge in [0.05, 0.1) is 18.4 Å². The van der Waals surface area contributed by atoms with Crippen molar-refractivity contribution in [1.82, 2.24) is 19.6 Å². The van der Waals surface area contributed by atoms with Crippen molar-refractivity contribution < 1.29 is 9.59 Å². The summed E-state index contributed by atoms with van der Waals surface area (Å²) in [6.45, 7) is 8.41. The lowest BCUT2D eigenvalue weighted by molar-refractivity contribution is -0.119. The van der Waals surface area contributed by atoms with E-state index in [1.807, 2.05) is 10.9 Å². The fourth-order valence-corrected chi connectivity index (χ4v) is 4.21. The predicted molar refractivity (Wildman–Crippen MR) is 119 cm³/mol. The molecule has 3 rings (SSSR count). The van der Waals surface area contributed by atoms with E-state index in [4.69, 9.17) is 23.2 Å². The first-order chi connectivity index (χ1) is 14.4. The van der Waals surface area contributed by atoms with Gasteiger partial charge in [0, 0.05) is 34.9 Å². The zero-order valence-corrected chi connectivity index (χ0v) is 18.8. The third kappa shape index (κ3) is 5.53. The lowest BCUT2D eigenvalue weighted by Gasteiger charge is -2.24. The van der Waals surface area contributed by atoms with Crippen LogP contribution in [0.25, 0.3) is 0 Å². The second kappa shape index (κ2) is 10.3. The van der Waals surface area contributed by atoms with Crippen LogP contribution in [0.3, 0.4) is 0 Å². The van der Waals surface area contributed by atoms with Gasteiger partial charge in [0.2, 0.25) is 5.91 Å². The predicted octanol–water partition coefficient (Wildman–Crippen LogP) is 3.78. The van der Waals surface area contributed by atoms with Gasteiger partial charge in [-0.1, -0.05) is 37.0 Å². The van der Waals surface area contributed by atoms with Crippen LogP contribution in [0, 0.1) is 0 Å². The number of hydrogen-bond acceptors (Lipinski definition) is 4. The Balaban J connectivity index is 1.63. The van der Waals surface area contributed by atoms with Crippen molar-refractivity contribution in [2.75, 3.05) is 31.5 Å². The monoisotopic (exact) mass is 451 g/mol. The highest BCUT2D eigenvalue weighted by Gasteiger charge is 2.35. The Labute approximate surface area is 186 Å². The van der Waals surface area contributed by atoms with Crippen molar-refractivity contribution in [3.63, 3.8) is 0 Å². The van der Waals surface area contributed by atoms with Crippen molar-refractivity contribution in [3.05, 3.63) is 46.2 Å². The number of benzene rings is 1. The molecule has 0 spiro atoms. The second-order valence-electron chi connectivity index (χ2n) is 7.32. The molecule has 1 aliphatic heterocycles. The molecule has 162 valence electrons. The first kappa shape index (κ1) is 22.6. The Bertz CT molecular complexity index is 877. The van der Waals surface area contributed by atoms with Crippen LogP contribution >= 0.6 is 23.2 Å². The highest BCUT2D eigenvalue weighted by atomic mass is 35.5. The number of amides is 2. The summed E-state index contributed by atoms with van der Waals surface area (Å²) in [6, 6.07) is 4.19. The number of anilines is 1. The number of carbonyl (C=O) groups is 2. The maximum Gasteiger partial charge on any atom is 0.254 e. The van der Waals surface area contributed by atoms with Crippen LogP contribution in [0.4, 0.5) is 5.69 Å². The quantitative estimate of drug-likeness (QED) is 0.662. The number of aromatic nitrogens is 2. The topological polar surface area (TPSA) is 70.5 Å². The molecule has 30 heavy (non-hydrogen) atoms. The van der Waals surface area contributed by atoms with E-state index in [0.29, 0.717) is 34.3 Å². The maximum atomic E-state index is 12.9. The lowest BCUT2D eigenvalue weighted by Crippen LogP contribution is -2.43. The third-order valence-electron chi connectivity index (χ3n) is 5.37. The minimum absolute atomic E-state index is 0.211. The van der Waals surface area contributed by atoms with Gasteiger partial charge in [0.25, 0.3) is 5.91 Å². The van der Waals surface area contributed by atoms with Gasteiger partial charge >= 0.3 is 0 Å². The molecule has 9 heteroatoms. The van der Waals surface area contributed by atoms with Crippen LogP contribution in [0.1, 0.15) is 37.0 Å². The minimum atomic E-state index is -0.533. The lowest BCUT2D eigenvalue weighted by atomic mass is 10.1. The van der Waals surface area contributed by atoms with Crippen LogP contribution in [0.5, 0.6) is 0 Å². The third-order valence-corrected chi connectivity index (χ3v) is 5.80. The van der Waals surface area contributed by atoms with Gasteiger partial charge in [-0.25, -0.2) is 0 Å². The Kier molecular flexibility index (Phi) is 7.75. The van der Waals surface area contributed by atoms with E-state index < -0.39 is 6.04 Å². The Morgan fingerprint density at radius 2 is 1.90 bits per heavy atom. The highest BCUT2D eigenvalue weighted by molar-refractivity contribution is 6.35. The summed E-state index contributed by atoms with van der Waals surface area (Å²) in [5.74, 6) is -0.454. The largest absolute Gasteiger partial charge is 0.327 e. The molecule has 1 aliphatic rings. The van der Waals surface area contributed by atoms with E-state index in [-0.39, 0.29) is 11.8 Å². The van der Waals surface area contributed by atoms with E-state index in [2.05, 4.69) is 29.2 Å². The number of carbonyl (C=O) groups excluding carboxylic acids is 2. The van der Waals surface area contributed by atoms with Crippen LogP contribution in [-0.4, -0.2) is 63.6 Å². The first-order valence-corrected chi connectivity index (χ1v) is 11.0. The molecule has 2 heterocycles. The SMILES string of the molecule is CCN(CC)CCn1cc(NC(=O)C2CCCN2C(=O)c2cc(Cl)cc(Cl)c2)cn1. The van der Waals surface area contributed by atoms with Crippen LogP contribution in [-0.2, 0) is 11.3 Å². The Morgan fingerprint density at radius 3 is 2.57 bits per heavy atom. The second-order valence-corrected chi connectivity index (χ2v) is 8.20. The van der Waals surface area contributed by atoms with Crippen LogP contribution in [0.15, 0.2) is 30.6 Å². The summed E-state index contributed by atoms with van der Waals surface area (Å²) in [5, 5.41) is 8.00. The molecule has 1 aromatic heterocycles. The molecular formula is C21H27Cl2N5O2. The van der Waals surface area contributed by atoms with Crippen molar-refractivity contribution in [3.8, 4) is 0 Å². The molecule has 2 amide bonds. The Morgan fingerprint density at radius 1 is 1.20 bits per heavy atom. The molecule has 1 aromatic carbocycles. The fraction of sp³-hybridized carbons (Fsp3) is 0.476. The maximum absolute atomic E-state index is 12.9. The van der Waals surface area contributed by atoms with Gasteiger partial charge in [-0.05, 0) is 44.1 Å². The normalized spacial score (nSPS) is 16.3. The molecule has 1 atom stereocenters. The zero-order valence-electron chi connectivity index (χ0n) is 17.3. The molecular weight excluding hydrogens is 425 g/mol. The molecule has 0 aliphatic carbocycles. The summed E-state index contributed by atoms with van der Waals surface area (Å²) in [4.78, 5) is 29.7. The molecule has 0 bridgehead atoms. The van der Waals surface area contributed by atoms with E-state index in [9.17, 15) is 9.59 Å². The molecule has 2 aromatic rings. The number of nitrogens with one attached hydrogen (secondary N) is 1. The average molecular weight is 452 g/mol. The number of hydrogen-bond donors (Lipinski definition) is 1. The minimum Gasteiger partial charge on any atom is -0.327 e. The van der Waals surface area contributed by atoms with Gasteiger partial charge < -0.3 is 15.1 Å². The number of halogens is 2. The van der Waals surface area contributed by atoms with Gasteiger partial charge in [-0.2, -0.15) is 5.10 Å². The zero-order chi connectivity index (χ0) is 21.7. The average Bonchev–Trinajstić information content (AvgIpc) is 3.37.